The van der Waals surface area contributed by atoms with Gasteiger partial charge in [0.15, 0.2) is 0 Å². The van der Waals surface area contributed by atoms with Crippen LogP contribution in [0.25, 0.3) is 0 Å². The van der Waals surface area contributed by atoms with Gasteiger partial charge in [-0.15, -0.1) is 0 Å². The maximum absolute atomic E-state index is 10.7. The maximum atomic E-state index is 10.7. The highest BCUT2D eigenvalue weighted by Gasteiger charge is 2.26. The van der Waals surface area contributed by atoms with E-state index in [0.29, 0.717) is 18.2 Å². The van der Waals surface area contributed by atoms with Crippen molar-refractivity contribution in [3.63, 3.8) is 0 Å². The van der Waals surface area contributed by atoms with Gasteiger partial charge in [0.05, 0.1) is 13.2 Å². The largest absolute Gasteiger partial charge is 0.465 e. The molecule has 1 aromatic carbocycles. The van der Waals surface area contributed by atoms with Crippen LogP contribution in [0.2, 0.25) is 5.02 Å². The van der Waals surface area contributed by atoms with Crippen LogP contribution in [0.5, 0.6) is 0 Å². The summed E-state index contributed by atoms with van der Waals surface area (Å²) < 4.78 is 5.54. The average molecular weight is 242 g/mol. The highest BCUT2D eigenvalue weighted by molar-refractivity contribution is 6.31. The van der Waals surface area contributed by atoms with E-state index in [1.807, 2.05) is 18.2 Å². The van der Waals surface area contributed by atoms with Crippen molar-refractivity contribution in [3.05, 3.63) is 34.3 Å². The lowest BCUT2D eigenvalue weighted by Gasteiger charge is -2.18. The maximum Gasteiger partial charge on any atom is 0.407 e. The fourth-order valence-electron chi connectivity index (χ4n) is 1.78. The lowest BCUT2D eigenvalue weighted by atomic mass is 10.1. The van der Waals surface area contributed by atoms with Crippen molar-refractivity contribution in [1.82, 2.24) is 4.90 Å². The topological polar surface area (TPSA) is 49.8 Å². The number of ether oxygens (including phenoxy) is 1. The number of rotatable bonds is 2. The summed E-state index contributed by atoms with van der Waals surface area (Å²) in [5, 5.41) is 9.47. The van der Waals surface area contributed by atoms with E-state index >= 15 is 0 Å². The monoisotopic (exact) mass is 241 g/mol. The zero-order valence-electron chi connectivity index (χ0n) is 8.81. The highest BCUT2D eigenvalue weighted by atomic mass is 35.5. The molecule has 0 spiro atoms. The number of nitrogens with zero attached hydrogens (tertiary/aromatic N) is 1. The van der Waals surface area contributed by atoms with Gasteiger partial charge in [0.25, 0.3) is 0 Å². The minimum absolute atomic E-state index is 0.213. The number of carboxylic acid groups (broad SMARTS) is 1. The number of fused-ring (bicyclic) bond motifs is 1. The first kappa shape index (κ1) is 11.2. The number of hydrogen-bond acceptors (Lipinski definition) is 2. The Balaban J connectivity index is 2.18. The van der Waals surface area contributed by atoms with Crippen molar-refractivity contribution in [2.24, 2.45) is 0 Å². The molecule has 16 heavy (non-hydrogen) atoms. The molecular formula is C11H12ClNO3. The molecule has 5 heteroatoms. The van der Waals surface area contributed by atoms with Crippen molar-refractivity contribution in [2.45, 2.75) is 12.7 Å². The Kier molecular flexibility index (Phi) is 3.03. The van der Waals surface area contributed by atoms with Crippen LogP contribution in [-0.2, 0) is 11.3 Å². The van der Waals surface area contributed by atoms with Gasteiger partial charge in [-0.05, 0) is 11.6 Å². The van der Waals surface area contributed by atoms with E-state index in [-0.39, 0.29) is 6.10 Å². The summed E-state index contributed by atoms with van der Waals surface area (Å²) >= 11 is 6.02. The molecule has 1 amide bonds. The third kappa shape index (κ3) is 1.99. The van der Waals surface area contributed by atoms with Crippen LogP contribution >= 0.6 is 11.6 Å². The predicted molar refractivity (Wildman–Crippen MR) is 59.6 cm³/mol. The normalized spacial score (nSPS) is 18.2. The number of halogens is 1. The van der Waals surface area contributed by atoms with Gasteiger partial charge in [0.1, 0.15) is 6.10 Å². The number of hydrogen-bond donors (Lipinski definition) is 1. The van der Waals surface area contributed by atoms with Crippen LogP contribution in [-0.4, -0.2) is 29.7 Å². The Bertz CT molecular complexity index is 422. The van der Waals surface area contributed by atoms with E-state index < -0.39 is 6.09 Å². The van der Waals surface area contributed by atoms with Gasteiger partial charge in [0, 0.05) is 17.6 Å². The molecule has 0 aromatic heterocycles. The van der Waals surface area contributed by atoms with E-state index in [2.05, 4.69) is 0 Å². The number of carbonyl (C=O) groups is 1. The van der Waals surface area contributed by atoms with Crippen LogP contribution in [0.1, 0.15) is 17.2 Å². The van der Waals surface area contributed by atoms with Gasteiger partial charge in [-0.1, -0.05) is 23.7 Å². The molecule has 0 fully saturated rings. The molecule has 1 aliphatic heterocycles. The molecule has 1 aliphatic rings. The molecule has 1 aromatic rings. The SMILES string of the molecule is CN(CC1OCc2c(Cl)cccc21)C(=O)O. The Hall–Kier alpha value is -1.26. The van der Waals surface area contributed by atoms with E-state index in [0.717, 1.165) is 11.1 Å². The Morgan fingerprint density at radius 1 is 1.69 bits per heavy atom. The predicted octanol–water partition coefficient (Wildman–Crippen LogP) is 2.52. The van der Waals surface area contributed by atoms with Gasteiger partial charge in [-0.2, -0.15) is 0 Å². The number of amides is 1. The summed E-state index contributed by atoms with van der Waals surface area (Å²) in [4.78, 5) is 11.9. The molecular weight excluding hydrogens is 230 g/mol. The summed E-state index contributed by atoms with van der Waals surface area (Å²) in [6.45, 7) is 0.774. The second-order valence-electron chi connectivity index (χ2n) is 3.77. The Labute approximate surface area is 98.4 Å². The lowest BCUT2D eigenvalue weighted by molar-refractivity contribution is 0.0427. The molecule has 86 valence electrons. The van der Waals surface area contributed by atoms with Gasteiger partial charge in [0.2, 0.25) is 0 Å². The van der Waals surface area contributed by atoms with Crippen LogP contribution in [0.4, 0.5) is 4.79 Å². The first-order chi connectivity index (χ1) is 7.59. The molecule has 0 saturated heterocycles. The second-order valence-corrected chi connectivity index (χ2v) is 4.18. The number of benzene rings is 1. The summed E-state index contributed by atoms with van der Waals surface area (Å²) in [5.74, 6) is 0. The van der Waals surface area contributed by atoms with Gasteiger partial charge in [-0.25, -0.2) is 4.79 Å². The lowest BCUT2D eigenvalue weighted by Crippen LogP contribution is -2.29. The molecule has 1 N–H and O–H groups in total. The minimum atomic E-state index is -0.959. The third-order valence-electron chi connectivity index (χ3n) is 2.70. The summed E-state index contributed by atoms with van der Waals surface area (Å²) in [7, 11) is 1.52. The molecule has 0 saturated carbocycles. The number of likely N-dealkylation sites (N-methyl/N-ethyl adjacent to an activating group) is 1. The molecule has 0 radical (unpaired) electrons. The first-order valence-electron chi connectivity index (χ1n) is 4.92. The Morgan fingerprint density at radius 2 is 2.44 bits per heavy atom. The van der Waals surface area contributed by atoms with Crippen LogP contribution in [0.3, 0.4) is 0 Å². The minimum Gasteiger partial charge on any atom is -0.465 e. The average Bonchev–Trinajstić information content (AvgIpc) is 2.63. The fraction of sp³-hybridized carbons (Fsp3) is 0.364. The molecule has 0 bridgehead atoms. The van der Waals surface area contributed by atoms with E-state index in [4.69, 9.17) is 21.4 Å². The zero-order valence-corrected chi connectivity index (χ0v) is 9.57. The summed E-state index contributed by atoms with van der Waals surface area (Å²) in [5.41, 5.74) is 1.95. The molecule has 2 rings (SSSR count). The Morgan fingerprint density at radius 3 is 3.12 bits per heavy atom. The first-order valence-corrected chi connectivity index (χ1v) is 5.30. The van der Waals surface area contributed by atoms with Crippen LogP contribution < -0.4 is 0 Å². The van der Waals surface area contributed by atoms with Crippen LogP contribution in [0, 0.1) is 0 Å². The molecule has 1 heterocycles. The second kappa shape index (κ2) is 4.31. The highest BCUT2D eigenvalue weighted by Crippen LogP contribution is 2.35. The van der Waals surface area contributed by atoms with E-state index in [1.165, 1.54) is 11.9 Å². The molecule has 1 atom stereocenters. The smallest absolute Gasteiger partial charge is 0.407 e. The zero-order chi connectivity index (χ0) is 11.7. The van der Waals surface area contributed by atoms with Crippen LogP contribution in [0.15, 0.2) is 18.2 Å². The van der Waals surface area contributed by atoms with Crippen molar-refractivity contribution in [2.75, 3.05) is 13.6 Å². The third-order valence-corrected chi connectivity index (χ3v) is 3.05. The quantitative estimate of drug-likeness (QED) is 0.866. The fourth-order valence-corrected chi connectivity index (χ4v) is 2.02. The molecule has 4 nitrogen and oxygen atoms in total. The van der Waals surface area contributed by atoms with Crippen molar-refractivity contribution in [3.8, 4) is 0 Å². The summed E-state index contributed by atoms with van der Waals surface area (Å²) in [6.07, 6.45) is -1.17. The van der Waals surface area contributed by atoms with Crippen molar-refractivity contribution < 1.29 is 14.6 Å². The molecule has 0 aliphatic carbocycles. The van der Waals surface area contributed by atoms with Gasteiger partial charge >= 0.3 is 6.09 Å². The van der Waals surface area contributed by atoms with Gasteiger partial charge < -0.3 is 14.7 Å². The van der Waals surface area contributed by atoms with Crippen molar-refractivity contribution >= 4 is 17.7 Å². The van der Waals surface area contributed by atoms with E-state index in [1.54, 1.807) is 0 Å². The molecule has 1 unspecified atom stereocenters. The summed E-state index contributed by atoms with van der Waals surface area (Å²) in [6, 6.07) is 5.59. The standard InChI is InChI=1S/C11H12ClNO3/c1-13(11(14)15)5-10-7-3-2-4-9(12)8(7)6-16-10/h2-4,10H,5-6H2,1H3,(H,14,15). The van der Waals surface area contributed by atoms with Crippen molar-refractivity contribution in [1.29, 1.82) is 0 Å². The van der Waals surface area contributed by atoms with Gasteiger partial charge in [-0.3, -0.25) is 0 Å². The van der Waals surface area contributed by atoms with E-state index in [9.17, 15) is 4.79 Å².